The molecule has 4 rings (SSSR count). The summed E-state index contributed by atoms with van der Waals surface area (Å²) < 4.78 is 14.8. The molecule has 35 heavy (non-hydrogen) atoms. The van der Waals surface area contributed by atoms with Gasteiger partial charge in [0.1, 0.15) is 6.10 Å². The lowest BCUT2D eigenvalue weighted by Crippen LogP contribution is -2.34. The van der Waals surface area contributed by atoms with Crippen LogP contribution < -0.4 is 10.2 Å². The predicted molar refractivity (Wildman–Crippen MR) is 139 cm³/mol. The molecule has 0 unspecified atom stereocenters. The van der Waals surface area contributed by atoms with Crippen molar-refractivity contribution in [2.75, 3.05) is 30.4 Å². The summed E-state index contributed by atoms with van der Waals surface area (Å²) in [4.78, 5) is 27.4. The summed E-state index contributed by atoms with van der Waals surface area (Å²) in [6.07, 6.45) is 1.58. The summed E-state index contributed by atoms with van der Waals surface area (Å²) in [5, 5.41) is 2.90. The van der Waals surface area contributed by atoms with Crippen LogP contribution in [0.15, 0.2) is 54.6 Å². The minimum Gasteiger partial charge on any atom is -0.469 e. The Kier molecular flexibility index (Phi) is 8.02. The summed E-state index contributed by atoms with van der Waals surface area (Å²) >= 11 is 1.36. The number of anilines is 2. The van der Waals surface area contributed by atoms with Crippen molar-refractivity contribution in [3.05, 3.63) is 65.9 Å². The van der Waals surface area contributed by atoms with E-state index in [0.29, 0.717) is 18.0 Å². The number of methoxy groups -OCH3 is 1. The number of amides is 1. The summed E-state index contributed by atoms with van der Waals surface area (Å²) in [5.41, 5.74) is 4.51. The number of nitrogens with one attached hydrogen (secondary N) is 1. The molecule has 2 aromatic carbocycles. The van der Waals surface area contributed by atoms with Gasteiger partial charge in [-0.1, -0.05) is 42.5 Å². The van der Waals surface area contributed by atoms with E-state index in [2.05, 4.69) is 38.9 Å². The molecular formula is C27H31N3O4S. The number of carbonyl (C=O) groups is 2. The molecule has 0 bridgehead atoms. The van der Waals surface area contributed by atoms with Crippen LogP contribution in [0.4, 0.5) is 16.2 Å². The second-order valence-corrected chi connectivity index (χ2v) is 9.59. The Balaban J connectivity index is 1.39. The fourth-order valence-electron chi connectivity index (χ4n) is 4.34. The monoisotopic (exact) mass is 493 g/mol. The van der Waals surface area contributed by atoms with Crippen molar-refractivity contribution in [2.45, 2.75) is 39.2 Å². The molecule has 0 saturated carbocycles. The molecule has 1 aliphatic rings. The number of carbonyl (C=O) groups excluding carboxylic acids is 2. The third kappa shape index (κ3) is 6.19. The lowest BCUT2D eigenvalue weighted by atomic mass is 9.93. The first-order valence-electron chi connectivity index (χ1n) is 11.9. The zero-order valence-electron chi connectivity index (χ0n) is 20.3. The van der Waals surface area contributed by atoms with E-state index in [1.807, 2.05) is 44.2 Å². The minimum absolute atomic E-state index is 0.129. The molecular weight excluding hydrogens is 462 g/mol. The van der Waals surface area contributed by atoms with Crippen LogP contribution in [0.1, 0.15) is 43.5 Å². The zero-order valence-corrected chi connectivity index (χ0v) is 21.1. The molecule has 1 amide bonds. The fraction of sp³-hybridized carbons (Fsp3) is 0.370. The SMILES string of the molecule is COC(=O)CC1CCN(c2ccc(-c3snc(C)c3NC(=O)O[C@H](C)c3ccccc3)cc2)CC1. The van der Waals surface area contributed by atoms with Crippen molar-refractivity contribution in [2.24, 2.45) is 5.92 Å². The third-order valence-electron chi connectivity index (χ3n) is 6.43. The van der Waals surface area contributed by atoms with Gasteiger partial charge in [-0.3, -0.25) is 10.1 Å². The smallest absolute Gasteiger partial charge is 0.412 e. The number of piperidine rings is 1. The molecule has 7 nitrogen and oxygen atoms in total. The lowest BCUT2D eigenvalue weighted by Gasteiger charge is -2.33. The molecule has 1 aliphatic heterocycles. The van der Waals surface area contributed by atoms with Crippen LogP contribution in [0.3, 0.4) is 0 Å². The Hall–Kier alpha value is -3.39. The molecule has 0 spiro atoms. The number of aryl methyl sites for hydroxylation is 1. The standard InChI is InChI=1S/C27H31N3O4S/c1-18-25(28-27(32)34-19(2)21-7-5-4-6-8-21)26(35-29-18)22-9-11-23(12-10-22)30-15-13-20(14-16-30)17-24(31)33-3/h4-12,19-20H,13-17H2,1-3H3,(H,28,32)/t19-/m1/s1. The van der Waals surface area contributed by atoms with Gasteiger partial charge in [-0.25, -0.2) is 4.79 Å². The minimum atomic E-state index is -0.502. The normalized spacial score (nSPS) is 14.9. The molecule has 1 fully saturated rings. The van der Waals surface area contributed by atoms with Crippen LogP contribution in [-0.4, -0.2) is 36.6 Å². The Morgan fingerprint density at radius 2 is 1.80 bits per heavy atom. The molecule has 8 heteroatoms. The first-order valence-corrected chi connectivity index (χ1v) is 12.6. The van der Waals surface area contributed by atoms with Crippen LogP contribution in [-0.2, 0) is 14.3 Å². The zero-order chi connectivity index (χ0) is 24.8. The van der Waals surface area contributed by atoms with E-state index in [0.717, 1.165) is 53.3 Å². The summed E-state index contributed by atoms with van der Waals surface area (Å²) in [6.45, 7) is 5.56. The Morgan fingerprint density at radius 1 is 1.11 bits per heavy atom. The topological polar surface area (TPSA) is 80.8 Å². The number of nitrogens with zero attached hydrogens (tertiary/aromatic N) is 2. The van der Waals surface area contributed by atoms with E-state index in [-0.39, 0.29) is 12.1 Å². The molecule has 1 N–H and O–H groups in total. The highest BCUT2D eigenvalue weighted by atomic mass is 32.1. The van der Waals surface area contributed by atoms with Crippen molar-refractivity contribution >= 4 is 35.0 Å². The molecule has 3 aromatic rings. The Bertz CT molecular complexity index is 1140. The van der Waals surface area contributed by atoms with E-state index >= 15 is 0 Å². The molecule has 184 valence electrons. The van der Waals surface area contributed by atoms with Crippen molar-refractivity contribution in [1.82, 2.24) is 4.37 Å². The third-order valence-corrected chi connectivity index (χ3v) is 7.42. The second-order valence-electron chi connectivity index (χ2n) is 8.81. The number of hydrogen-bond acceptors (Lipinski definition) is 7. The van der Waals surface area contributed by atoms with Gasteiger partial charge in [-0.2, -0.15) is 4.37 Å². The van der Waals surface area contributed by atoms with Crippen LogP contribution >= 0.6 is 11.5 Å². The highest BCUT2D eigenvalue weighted by Gasteiger charge is 2.23. The average molecular weight is 494 g/mol. The average Bonchev–Trinajstić information content (AvgIpc) is 3.24. The van der Waals surface area contributed by atoms with E-state index < -0.39 is 6.09 Å². The van der Waals surface area contributed by atoms with E-state index in [9.17, 15) is 9.59 Å². The van der Waals surface area contributed by atoms with Crippen LogP contribution in [0.25, 0.3) is 10.4 Å². The van der Waals surface area contributed by atoms with Gasteiger partial charge >= 0.3 is 12.1 Å². The molecule has 1 atom stereocenters. The van der Waals surface area contributed by atoms with Gasteiger partial charge in [-0.05, 0) is 67.4 Å². The maximum atomic E-state index is 12.6. The summed E-state index contributed by atoms with van der Waals surface area (Å²) in [7, 11) is 1.44. The Morgan fingerprint density at radius 3 is 2.46 bits per heavy atom. The summed E-state index contributed by atoms with van der Waals surface area (Å²) in [6, 6.07) is 18.0. The summed E-state index contributed by atoms with van der Waals surface area (Å²) in [5.74, 6) is 0.256. The first kappa shape index (κ1) is 24.7. The molecule has 2 heterocycles. The van der Waals surface area contributed by atoms with Gasteiger partial charge in [0.25, 0.3) is 0 Å². The number of rotatable bonds is 7. The lowest BCUT2D eigenvalue weighted by molar-refractivity contribution is -0.141. The quantitative estimate of drug-likeness (QED) is 0.394. The highest BCUT2D eigenvalue weighted by molar-refractivity contribution is 7.10. The number of ether oxygens (including phenoxy) is 2. The van der Waals surface area contributed by atoms with Gasteiger partial charge in [-0.15, -0.1) is 0 Å². The number of esters is 1. The molecule has 1 saturated heterocycles. The predicted octanol–water partition coefficient (Wildman–Crippen LogP) is 6.21. The van der Waals surface area contributed by atoms with Crippen molar-refractivity contribution in [3.8, 4) is 10.4 Å². The van der Waals surface area contributed by atoms with E-state index in [4.69, 9.17) is 9.47 Å². The van der Waals surface area contributed by atoms with Crippen LogP contribution in [0.2, 0.25) is 0 Å². The second kappa shape index (κ2) is 11.4. The largest absolute Gasteiger partial charge is 0.469 e. The van der Waals surface area contributed by atoms with Gasteiger partial charge in [0, 0.05) is 25.2 Å². The highest BCUT2D eigenvalue weighted by Crippen LogP contribution is 2.36. The fourth-order valence-corrected chi connectivity index (χ4v) is 5.19. The molecule has 0 radical (unpaired) electrons. The van der Waals surface area contributed by atoms with Gasteiger partial charge < -0.3 is 14.4 Å². The van der Waals surface area contributed by atoms with Gasteiger partial charge in [0.2, 0.25) is 0 Å². The molecule has 0 aliphatic carbocycles. The molecule has 1 aromatic heterocycles. The van der Waals surface area contributed by atoms with Crippen molar-refractivity contribution < 1.29 is 19.1 Å². The van der Waals surface area contributed by atoms with Gasteiger partial charge in [0.05, 0.1) is 23.4 Å². The van der Waals surface area contributed by atoms with Crippen LogP contribution in [0, 0.1) is 12.8 Å². The maximum Gasteiger partial charge on any atom is 0.412 e. The van der Waals surface area contributed by atoms with Crippen LogP contribution in [0.5, 0.6) is 0 Å². The first-order chi connectivity index (χ1) is 16.9. The maximum absolute atomic E-state index is 12.6. The van der Waals surface area contributed by atoms with E-state index in [1.54, 1.807) is 0 Å². The Labute approximate surface area is 210 Å². The van der Waals surface area contributed by atoms with Gasteiger partial charge in [0.15, 0.2) is 0 Å². The van der Waals surface area contributed by atoms with Crippen molar-refractivity contribution in [1.29, 1.82) is 0 Å². The number of aromatic nitrogens is 1. The van der Waals surface area contributed by atoms with Crippen molar-refractivity contribution in [3.63, 3.8) is 0 Å². The van der Waals surface area contributed by atoms with E-state index in [1.165, 1.54) is 18.6 Å². The number of benzene rings is 2. The number of hydrogen-bond donors (Lipinski definition) is 1.